The number of hydrogen-bond acceptors (Lipinski definition) is 2. The normalized spacial score (nSPS) is 24.6. The van der Waals surface area contributed by atoms with Gasteiger partial charge in [-0.2, -0.15) is 0 Å². The lowest BCUT2D eigenvalue weighted by Gasteiger charge is -2.29. The SMILES string of the molecule is Cc1cc(C2CCCC(C(=O)O)N2)ccc1F. The minimum Gasteiger partial charge on any atom is -0.480 e. The van der Waals surface area contributed by atoms with Crippen molar-refractivity contribution in [3.8, 4) is 0 Å². The predicted octanol–water partition coefficient (Wildman–Crippen LogP) is 2.40. The molecule has 2 atom stereocenters. The number of benzene rings is 1. The molecule has 0 aliphatic carbocycles. The summed E-state index contributed by atoms with van der Waals surface area (Å²) in [6.07, 6.45) is 2.44. The Balaban J connectivity index is 2.16. The number of carboxylic acids is 1. The number of rotatable bonds is 2. The van der Waals surface area contributed by atoms with Crippen molar-refractivity contribution >= 4 is 5.97 Å². The van der Waals surface area contributed by atoms with Gasteiger partial charge in [0.1, 0.15) is 11.9 Å². The predicted molar refractivity (Wildman–Crippen MR) is 62.3 cm³/mol. The van der Waals surface area contributed by atoms with E-state index >= 15 is 0 Å². The molecule has 0 aromatic heterocycles. The van der Waals surface area contributed by atoms with E-state index in [1.807, 2.05) is 0 Å². The maximum absolute atomic E-state index is 13.2. The number of aliphatic carboxylic acids is 1. The molecule has 1 heterocycles. The van der Waals surface area contributed by atoms with E-state index in [9.17, 15) is 9.18 Å². The molecule has 4 heteroatoms. The van der Waals surface area contributed by atoms with Gasteiger partial charge in [-0.25, -0.2) is 4.39 Å². The Morgan fingerprint density at radius 3 is 2.88 bits per heavy atom. The zero-order chi connectivity index (χ0) is 12.4. The summed E-state index contributed by atoms with van der Waals surface area (Å²) in [7, 11) is 0. The Labute approximate surface area is 99.7 Å². The molecule has 1 aliphatic heterocycles. The monoisotopic (exact) mass is 237 g/mol. The van der Waals surface area contributed by atoms with E-state index in [1.165, 1.54) is 6.07 Å². The second kappa shape index (κ2) is 4.84. The first-order valence-corrected chi connectivity index (χ1v) is 5.83. The van der Waals surface area contributed by atoms with Crippen molar-refractivity contribution < 1.29 is 14.3 Å². The molecular formula is C13H16FNO2. The molecule has 1 aromatic carbocycles. The Bertz CT molecular complexity index is 433. The van der Waals surface area contributed by atoms with Crippen LogP contribution < -0.4 is 5.32 Å². The lowest BCUT2D eigenvalue weighted by Crippen LogP contribution is -2.42. The van der Waals surface area contributed by atoms with E-state index in [1.54, 1.807) is 19.1 Å². The first-order valence-electron chi connectivity index (χ1n) is 5.83. The molecule has 3 nitrogen and oxygen atoms in total. The van der Waals surface area contributed by atoms with Crippen molar-refractivity contribution in [1.82, 2.24) is 5.32 Å². The van der Waals surface area contributed by atoms with Gasteiger partial charge in [-0.1, -0.05) is 12.1 Å². The Kier molecular flexibility index (Phi) is 3.43. The fourth-order valence-corrected chi connectivity index (χ4v) is 2.28. The van der Waals surface area contributed by atoms with Gasteiger partial charge in [0.2, 0.25) is 0 Å². The summed E-state index contributed by atoms with van der Waals surface area (Å²) in [5.41, 5.74) is 1.57. The minimum absolute atomic E-state index is 0.0177. The fourth-order valence-electron chi connectivity index (χ4n) is 2.28. The molecule has 1 aliphatic rings. The van der Waals surface area contributed by atoms with E-state index in [-0.39, 0.29) is 11.9 Å². The van der Waals surface area contributed by atoms with E-state index in [0.29, 0.717) is 12.0 Å². The molecule has 1 fully saturated rings. The van der Waals surface area contributed by atoms with E-state index < -0.39 is 12.0 Å². The lowest BCUT2D eigenvalue weighted by molar-refractivity contribution is -0.140. The summed E-state index contributed by atoms with van der Waals surface area (Å²) in [5.74, 6) is -1.03. The number of carbonyl (C=O) groups is 1. The van der Waals surface area contributed by atoms with Crippen LogP contribution >= 0.6 is 0 Å². The highest BCUT2D eigenvalue weighted by Crippen LogP contribution is 2.26. The van der Waals surface area contributed by atoms with Crippen molar-refractivity contribution in [2.45, 2.75) is 38.3 Å². The maximum atomic E-state index is 13.2. The molecule has 2 unspecified atom stereocenters. The summed E-state index contributed by atoms with van der Waals surface area (Å²) in [5, 5.41) is 12.1. The molecule has 0 bridgehead atoms. The van der Waals surface area contributed by atoms with Crippen LogP contribution in [0.25, 0.3) is 0 Å². The average molecular weight is 237 g/mol. The van der Waals surface area contributed by atoms with Crippen LogP contribution in [0.5, 0.6) is 0 Å². The largest absolute Gasteiger partial charge is 0.480 e. The van der Waals surface area contributed by atoms with Gasteiger partial charge < -0.3 is 5.11 Å². The fraction of sp³-hybridized carbons (Fsp3) is 0.462. The Hall–Kier alpha value is -1.42. The highest BCUT2D eigenvalue weighted by atomic mass is 19.1. The smallest absolute Gasteiger partial charge is 0.320 e. The summed E-state index contributed by atoms with van der Waals surface area (Å²) in [4.78, 5) is 10.9. The number of carboxylic acid groups (broad SMARTS) is 1. The third kappa shape index (κ3) is 2.64. The Morgan fingerprint density at radius 2 is 2.24 bits per heavy atom. The van der Waals surface area contributed by atoms with Gasteiger partial charge in [0.05, 0.1) is 0 Å². The molecule has 0 amide bonds. The highest BCUT2D eigenvalue weighted by Gasteiger charge is 2.26. The number of halogens is 1. The Morgan fingerprint density at radius 1 is 1.47 bits per heavy atom. The molecule has 92 valence electrons. The van der Waals surface area contributed by atoms with E-state index in [4.69, 9.17) is 5.11 Å². The van der Waals surface area contributed by atoms with Gasteiger partial charge in [0.25, 0.3) is 0 Å². The summed E-state index contributed by atoms with van der Waals surface area (Å²) < 4.78 is 13.2. The van der Waals surface area contributed by atoms with Crippen LogP contribution in [-0.4, -0.2) is 17.1 Å². The van der Waals surface area contributed by atoms with Crippen LogP contribution in [0, 0.1) is 12.7 Å². The summed E-state index contributed by atoms with van der Waals surface area (Å²) >= 11 is 0. The van der Waals surface area contributed by atoms with Crippen LogP contribution in [-0.2, 0) is 4.79 Å². The van der Waals surface area contributed by atoms with Gasteiger partial charge in [-0.05, 0) is 43.4 Å². The number of hydrogen-bond donors (Lipinski definition) is 2. The third-order valence-corrected chi connectivity index (χ3v) is 3.27. The van der Waals surface area contributed by atoms with Gasteiger partial charge >= 0.3 is 5.97 Å². The lowest BCUT2D eigenvalue weighted by atomic mass is 9.92. The molecule has 2 rings (SSSR count). The molecule has 1 saturated heterocycles. The molecule has 0 radical (unpaired) electrons. The van der Waals surface area contributed by atoms with Crippen LogP contribution in [0.15, 0.2) is 18.2 Å². The molecule has 1 aromatic rings. The van der Waals surface area contributed by atoms with Crippen LogP contribution in [0.4, 0.5) is 4.39 Å². The quantitative estimate of drug-likeness (QED) is 0.830. The second-order valence-corrected chi connectivity index (χ2v) is 4.55. The molecule has 0 spiro atoms. The standard InChI is InChI=1S/C13H16FNO2/c1-8-7-9(5-6-10(8)14)11-3-2-4-12(15-11)13(16)17/h5-7,11-12,15H,2-4H2,1H3,(H,16,17). The molecule has 17 heavy (non-hydrogen) atoms. The summed E-state index contributed by atoms with van der Waals surface area (Å²) in [6, 6.07) is 4.49. The van der Waals surface area contributed by atoms with Gasteiger partial charge in [0, 0.05) is 6.04 Å². The van der Waals surface area contributed by atoms with Crippen molar-refractivity contribution in [3.63, 3.8) is 0 Å². The first kappa shape index (κ1) is 12.0. The van der Waals surface area contributed by atoms with Crippen LogP contribution in [0.1, 0.15) is 36.4 Å². The van der Waals surface area contributed by atoms with Gasteiger partial charge in [-0.15, -0.1) is 0 Å². The topological polar surface area (TPSA) is 49.3 Å². The van der Waals surface area contributed by atoms with Crippen molar-refractivity contribution in [2.24, 2.45) is 0 Å². The first-order chi connectivity index (χ1) is 8.08. The number of piperidine rings is 1. The highest BCUT2D eigenvalue weighted by molar-refractivity contribution is 5.73. The van der Waals surface area contributed by atoms with E-state index in [0.717, 1.165) is 18.4 Å². The number of aryl methyl sites for hydroxylation is 1. The van der Waals surface area contributed by atoms with Crippen molar-refractivity contribution in [3.05, 3.63) is 35.1 Å². The van der Waals surface area contributed by atoms with Gasteiger partial charge in [-0.3, -0.25) is 10.1 Å². The van der Waals surface area contributed by atoms with Crippen LogP contribution in [0.2, 0.25) is 0 Å². The summed E-state index contributed by atoms with van der Waals surface area (Å²) in [6.45, 7) is 1.72. The second-order valence-electron chi connectivity index (χ2n) is 4.55. The zero-order valence-electron chi connectivity index (χ0n) is 9.74. The molecule has 0 saturated carbocycles. The van der Waals surface area contributed by atoms with Crippen molar-refractivity contribution in [1.29, 1.82) is 0 Å². The number of nitrogens with one attached hydrogen (secondary N) is 1. The van der Waals surface area contributed by atoms with E-state index in [2.05, 4.69) is 5.32 Å². The maximum Gasteiger partial charge on any atom is 0.320 e. The zero-order valence-corrected chi connectivity index (χ0v) is 9.74. The third-order valence-electron chi connectivity index (χ3n) is 3.27. The van der Waals surface area contributed by atoms with Crippen molar-refractivity contribution in [2.75, 3.05) is 0 Å². The molecule has 2 N–H and O–H groups in total. The minimum atomic E-state index is -0.812. The average Bonchev–Trinajstić information content (AvgIpc) is 2.33. The van der Waals surface area contributed by atoms with Gasteiger partial charge in [0.15, 0.2) is 0 Å². The molecular weight excluding hydrogens is 221 g/mol. The van der Waals surface area contributed by atoms with Crippen LogP contribution in [0.3, 0.4) is 0 Å².